The third-order valence-corrected chi connectivity index (χ3v) is 8.26. The van der Waals surface area contributed by atoms with Crippen LogP contribution < -0.4 is 0 Å². The zero-order valence-corrected chi connectivity index (χ0v) is 22.3. The third-order valence-electron chi connectivity index (χ3n) is 8.26. The summed E-state index contributed by atoms with van der Waals surface area (Å²) in [5.41, 5.74) is 12.3. The first-order valence-corrected chi connectivity index (χ1v) is 13.7. The highest BCUT2D eigenvalue weighted by atomic mass is 14.9. The van der Waals surface area contributed by atoms with Crippen molar-refractivity contribution in [3.63, 3.8) is 0 Å². The molecule has 1 heterocycles. The first kappa shape index (κ1) is 23.5. The minimum Gasteiger partial charge on any atom is -0.228 e. The summed E-state index contributed by atoms with van der Waals surface area (Å²) in [6, 6.07) is 38.5. The second-order valence-corrected chi connectivity index (χ2v) is 11.0. The Kier molecular flexibility index (Phi) is 5.63. The molecule has 1 aromatic heterocycles. The number of nitrogens with zero attached hydrogens (tertiary/aromatic N) is 2. The third kappa shape index (κ3) is 4.04. The summed E-state index contributed by atoms with van der Waals surface area (Å²) < 4.78 is 0. The highest BCUT2D eigenvalue weighted by Gasteiger charge is 2.37. The van der Waals surface area contributed by atoms with Gasteiger partial charge in [-0.25, -0.2) is 9.97 Å². The molecule has 5 aromatic rings. The predicted octanol–water partition coefficient (Wildman–Crippen LogP) is 9.24. The van der Waals surface area contributed by atoms with Crippen LogP contribution in [0.5, 0.6) is 0 Å². The van der Waals surface area contributed by atoms with Crippen molar-refractivity contribution in [2.24, 2.45) is 0 Å². The molecule has 0 N–H and O–H groups in total. The number of rotatable bonds is 4. The fourth-order valence-corrected chi connectivity index (χ4v) is 6.20. The van der Waals surface area contributed by atoms with Gasteiger partial charge in [0.1, 0.15) is 0 Å². The van der Waals surface area contributed by atoms with Gasteiger partial charge in [-0.15, -0.1) is 0 Å². The van der Waals surface area contributed by atoms with Gasteiger partial charge in [-0.05, 0) is 45.9 Å². The molecule has 4 aromatic carbocycles. The summed E-state index contributed by atoms with van der Waals surface area (Å²) in [4.78, 5) is 9.97. The molecule has 0 radical (unpaired) electrons. The van der Waals surface area contributed by atoms with Gasteiger partial charge >= 0.3 is 0 Å². The van der Waals surface area contributed by atoms with Crippen LogP contribution in [0, 0.1) is 0 Å². The average molecular weight is 503 g/mol. The lowest BCUT2D eigenvalue weighted by Gasteiger charge is -2.23. The quantitative estimate of drug-likeness (QED) is 0.245. The molecule has 0 fully saturated rings. The van der Waals surface area contributed by atoms with Crippen LogP contribution in [0.15, 0.2) is 127 Å². The van der Waals surface area contributed by atoms with Crippen LogP contribution in [-0.4, -0.2) is 9.97 Å². The van der Waals surface area contributed by atoms with E-state index in [1.807, 2.05) is 24.3 Å². The van der Waals surface area contributed by atoms with Gasteiger partial charge in [0.2, 0.25) is 0 Å². The molecule has 0 saturated carbocycles. The number of aromatic nitrogens is 2. The van der Waals surface area contributed by atoms with E-state index in [-0.39, 0.29) is 5.41 Å². The molecule has 2 nitrogen and oxygen atoms in total. The summed E-state index contributed by atoms with van der Waals surface area (Å²) in [5, 5.41) is 0. The van der Waals surface area contributed by atoms with Crippen molar-refractivity contribution in [3.8, 4) is 33.8 Å². The lowest BCUT2D eigenvalue weighted by atomic mass is 9.80. The van der Waals surface area contributed by atoms with Crippen molar-refractivity contribution in [1.82, 2.24) is 9.97 Å². The second kappa shape index (κ2) is 9.32. The van der Waals surface area contributed by atoms with E-state index in [1.165, 1.54) is 27.8 Å². The zero-order chi connectivity index (χ0) is 26.4. The summed E-state index contributed by atoms with van der Waals surface area (Å²) in [5.74, 6) is 1.08. The van der Waals surface area contributed by atoms with Crippen LogP contribution in [0.2, 0.25) is 0 Å². The molecular weight excluding hydrogens is 472 g/mol. The zero-order valence-electron chi connectivity index (χ0n) is 22.3. The highest BCUT2D eigenvalue weighted by Crippen LogP contribution is 2.51. The van der Waals surface area contributed by atoms with Gasteiger partial charge in [-0.3, -0.25) is 0 Å². The van der Waals surface area contributed by atoms with E-state index in [0.717, 1.165) is 40.3 Å². The fraction of sp³-hybridized carbons (Fsp3) is 0.135. The van der Waals surface area contributed by atoms with E-state index in [1.54, 1.807) is 0 Å². The maximum absolute atomic E-state index is 5.03. The van der Waals surface area contributed by atoms with Gasteiger partial charge in [0.25, 0.3) is 0 Å². The largest absolute Gasteiger partial charge is 0.228 e. The molecule has 2 heteroatoms. The molecule has 1 unspecified atom stereocenters. The Labute approximate surface area is 230 Å². The van der Waals surface area contributed by atoms with Gasteiger partial charge in [0.15, 0.2) is 5.82 Å². The van der Waals surface area contributed by atoms with Crippen molar-refractivity contribution in [3.05, 3.63) is 150 Å². The summed E-state index contributed by atoms with van der Waals surface area (Å²) in [6.45, 7) is 4.69. The molecule has 0 spiro atoms. The van der Waals surface area contributed by atoms with Gasteiger partial charge in [-0.1, -0.05) is 135 Å². The number of benzene rings is 4. The minimum absolute atomic E-state index is 0.0178. The first-order valence-electron chi connectivity index (χ1n) is 13.7. The molecule has 188 valence electrons. The molecule has 2 aliphatic rings. The smallest absolute Gasteiger partial charge is 0.160 e. The minimum atomic E-state index is 0.0178. The van der Waals surface area contributed by atoms with Crippen LogP contribution in [0.1, 0.15) is 48.6 Å². The van der Waals surface area contributed by atoms with Gasteiger partial charge in [-0.2, -0.15) is 0 Å². The van der Waals surface area contributed by atoms with Crippen molar-refractivity contribution in [2.75, 3.05) is 0 Å². The van der Waals surface area contributed by atoms with Crippen LogP contribution in [0.4, 0.5) is 0 Å². The number of hydrogen-bond donors (Lipinski definition) is 0. The molecule has 2 aliphatic carbocycles. The highest BCUT2D eigenvalue weighted by molar-refractivity contribution is 5.84. The first-order chi connectivity index (χ1) is 19.1. The number of hydrogen-bond acceptors (Lipinski definition) is 2. The molecule has 1 atom stereocenters. The second-order valence-electron chi connectivity index (χ2n) is 11.0. The van der Waals surface area contributed by atoms with E-state index >= 15 is 0 Å². The fourth-order valence-electron chi connectivity index (χ4n) is 6.20. The molecule has 0 aliphatic heterocycles. The van der Waals surface area contributed by atoms with E-state index in [2.05, 4.69) is 117 Å². The maximum Gasteiger partial charge on any atom is 0.160 e. The lowest BCUT2D eigenvalue weighted by Crippen LogP contribution is -2.15. The molecule has 7 rings (SSSR count). The van der Waals surface area contributed by atoms with Crippen molar-refractivity contribution >= 4 is 5.57 Å². The molecule has 0 amide bonds. The predicted molar refractivity (Wildman–Crippen MR) is 161 cm³/mol. The Morgan fingerprint density at radius 2 is 1.33 bits per heavy atom. The Bertz CT molecular complexity index is 1690. The van der Waals surface area contributed by atoms with Crippen molar-refractivity contribution in [1.29, 1.82) is 0 Å². The van der Waals surface area contributed by atoms with E-state index in [9.17, 15) is 0 Å². The Hall–Kier alpha value is -4.56. The van der Waals surface area contributed by atoms with E-state index in [4.69, 9.17) is 9.97 Å². The monoisotopic (exact) mass is 502 g/mol. The normalized spacial score (nSPS) is 16.9. The van der Waals surface area contributed by atoms with E-state index in [0.29, 0.717) is 5.92 Å². The SMILES string of the molecule is CC1(C)c2ccccc2-c2c(C3C=CC(c4cc(-c5ccccc5)nc(-c5ccccc5)n4)=CC3)cccc21. The Morgan fingerprint density at radius 1 is 0.667 bits per heavy atom. The topological polar surface area (TPSA) is 25.8 Å². The standard InChI is InChI=1S/C37H30N2/c1-37(2)31-18-10-9-16-30(31)35-29(17-11-19-32(35)37)25-20-22-27(23-21-25)34-24-33(26-12-5-3-6-13-26)38-36(39-34)28-14-7-4-8-15-28/h3-20,22-25H,21H2,1-2H3. The molecular formula is C37H30N2. The maximum atomic E-state index is 5.03. The van der Waals surface area contributed by atoms with Crippen LogP contribution >= 0.6 is 0 Å². The van der Waals surface area contributed by atoms with Crippen molar-refractivity contribution < 1.29 is 0 Å². The van der Waals surface area contributed by atoms with Gasteiger partial charge in [0.05, 0.1) is 11.4 Å². The molecule has 0 saturated heterocycles. The average Bonchev–Trinajstić information content (AvgIpc) is 3.24. The van der Waals surface area contributed by atoms with E-state index < -0.39 is 0 Å². The van der Waals surface area contributed by atoms with Crippen molar-refractivity contribution in [2.45, 2.75) is 31.6 Å². The van der Waals surface area contributed by atoms with Crippen LogP contribution in [-0.2, 0) is 5.41 Å². The molecule has 39 heavy (non-hydrogen) atoms. The van der Waals surface area contributed by atoms with Crippen LogP contribution in [0.3, 0.4) is 0 Å². The summed E-state index contributed by atoms with van der Waals surface area (Å²) in [7, 11) is 0. The summed E-state index contributed by atoms with van der Waals surface area (Å²) >= 11 is 0. The molecule has 0 bridgehead atoms. The number of fused-ring (bicyclic) bond motifs is 3. The van der Waals surface area contributed by atoms with Gasteiger partial charge < -0.3 is 0 Å². The lowest BCUT2D eigenvalue weighted by molar-refractivity contribution is 0.659. The summed E-state index contributed by atoms with van der Waals surface area (Å²) in [6.07, 6.45) is 7.91. The van der Waals surface area contributed by atoms with Gasteiger partial charge in [0, 0.05) is 22.5 Å². The Morgan fingerprint density at radius 3 is 2.08 bits per heavy atom. The number of allylic oxidation sites excluding steroid dienone is 4. The van der Waals surface area contributed by atoms with Crippen LogP contribution in [0.25, 0.3) is 39.3 Å². The Balaban J connectivity index is 1.27.